The summed E-state index contributed by atoms with van der Waals surface area (Å²) in [5.41, 5.74) is 10.8. The fourth-order valence-corrected chi connectivity index (χ4v) is 29.9. The van der Waals surface area contributed by atoms with Gasteiger partial charge in [-0.05, 0) is 0 Å². The molecule has 3 heteroatoms. The van der Waals surface area contributed by atoms with Crippen molar-refractivity contribution in [2.45, 2.75) is 71.2 Å². The van der Waals surface area contributed by atoms with Crippen LogP contribution in [0.3, 0.4) is 0 Å². The molecule has 2 atom stereocenters. The van der Waals surface area contributed by atoms with E-state index >= 15 is 0 Å². The molecule has 0 fully saturated rings. The van der Waals surface area contributed by atoms with Gasteiger partial charge in [0.2, 0.25) is 0 Å². The normalized spacial score (nSPS) is 25.6. The van der Waals surface area contributed by atoms with Gasteiger partial charge in [0.05, 0.1) is 0 Å². The number of unbranched alkanes of at least 4 members (excludes halogenated alkanes) is 1. The van der Waals surface area contributed by atoms with Gasteiger partial charge < -0.3 is 0 Å². The first-order valence-corrected chi connectivity index (χ1v) is 38.1. The van der Waals surface area contributed by atoms with Crippen molar-refractivity contribution in [2.75, 3.05) is 0 Å². The molecule has 3 aliphatic carbocycles. The van der Waals surface area contributed by atoms with E-state index in [0.717, 1.165) is 0 Å². The summed E-state index contributed by atoms with van der Waals surface area (Å²) >= 11 is -4.86. The molecule has 2 unspecified atom stereocenters. The third kappa shape index (κ3) is 3.68. The zero-order chi connectivity index (χ0) is 24.6. The van der Waals surface area contributed by atoms with Crippen molar-refractivity contribution in [1.29, 1.82) is 0 Å². The van der Waals surface area contributed by atoms with Crippen molar-refractivity contribution in [3.05, 3.63) is 88.5 Å². The molecule has 2 aromatic rings. The Kier molecular flexibility index (Phi) is 4.42. The Morgan fingerprint density at radius 2 is 1.68 bits per heavy atom. The van der Waals surface area contributed by atoms with Crippen molar-refractivity contribution in [1.82, 2.24) is 0 Å². The summed E-state index contributed by atoms with van der Waals surface area (Å²) in [6, 6.07) is 13.8. The number of hydrogen-bond acceptors (Lipinski definition) is 0. The van der Waals surface area contributed by atoms with Gasteiger partial charge in [-0.2, -0.15) is 0 Å². The Morgan fingerprint density at radius 3 is 2.38 bits per heavy atom. The minimum absolute atomic E-state index is 0.459. The average Bonchev–Trinajstić information content (AvgIpc) is 3.49. The van der Waals surface area contributed by atoms with Crippen LogP contribution in [-0.2, 0) is 24.4 Å². The van der Waals surface area contributed by atoms with Crippen LogP contribution in [0.2, 0.25) is 22.2 Å². The third-order valence-electron chi connectivity index (χ3n) is 9.92. The topological polar surface area (TPSA) is 0 Å². The van der Waals surface area contributed by atoms with Crippen LogP contribution >= 0.6 is 0 Å². The van der Waals surface area contributed by atoms with Crippen LogP contribution in [0.15, 0.2) is 66.3 Å². The van der Waals surface area contributed by atoms with Crippen LogP contribution in [0.1, 0.15) is 58.5 Å². The molecule has 0 saturated carbocycles. The molecule has 186 valence electrons. The van der Waals surface area contributed by atoms with Crippen LogP contribution in [0, 0.1) is 0 Å². The molecule has 0 amide bonds. The molecule has 0 N–H and O–H groups in total. The molecule has 0 aliphatic heterocycles. The van der Waals surface area contributed by atoms with Crippen molar-refractivity contribution in [3.8, 4) is 11.1 Å². The maximum absolute atomic E-state index is 4.86. The van der Waals surface area contributed by atoms with Gasteiger partial charge in [0.15, 0.2) is 0 Å². The molecule has 2 aromatic carbocycles. The van der Waals surface area contributed by atoms with E-state index in [1.54, 1.807) is 22.3 Å². The molecule has 0 radical (unpaired) electrons. The van der Waals surface area contributed by atoms with Crippen molar-refractivity contribution < 1.29 is 11.6 Å². The van der Waals surface area contributed by atoms with E-state index in [1.165, 1.54) is 55.2 Å². The van der Waals surface area contributed by atoms with E-state index in [-0.39, 0.29) is 0 Å². The molecule has 0 bridgehead atoms. The van der Waals surface area contributed by atoms with Gasteiger partial charge in [0.1, 0.15) is 0 Å². The SMILES string of the molecule is CCCCC1=C[CH]([Zr-6]([CH3])([CH3])([CH3])([CH3])(=[SiH2])(=[SiH2])[CH]2C=Cc3c2cc2c(c3-c3ccccc3)CCC2)C=C1. The quantitative estimate of drug-likeness (QED) is 0.313. The summed E-state index contributed by atoms with van der Waals surface area (Å²) in [5, 5.41) is 0. The predicted molar refractivity (Wildman–Crippen MR) is 157 cm³/mol. The van der Waals surface area contributed by atoms with Gasteiger partial charge in [0, 0.05) is 0 Å². The summed E-state index contributed by atoms with van der Waals surface area (Å²) in [6.45, 7) is 7.18. The molecule has 0 spiro atoms. The van der Waals surface area contributed by atoms with E-state index in [9.17, 15) is 0 Å². The van der Waals surface area contributed by atoms with E-state index < -0.39 is 11.6 Å². The van der Waals surface area contributed by atoms with Gasteiger partial charge in [-0.25, -0.2) is 0 Å². The monoisotopic (exact) mass is 562 g/mol. The van der Waals surface area contributed by atoms with E-state index in [4.69, 9.17) is 0 Å². The molecule has 34 heavy (non-hydrogen) atoms. The Balaban J connectivity index is 1.77. The number of benzene rings is 2. The second-order valence-electron chi connectivity index (χ2n) is 17.5. The second-order valence-corrected chi connectivity index (χ2v) is 122. The first kappa shape index (κ1) is 24.7. The van der Waals surface area contributed by atoms with Crippen LogP contribution < -0.4 is 0 Å². The molecular weight excluding hydrogens is 520 g/mol. The Hall–Kier alpha value is -1.02. The zero-order valence-corrected chi connectivity index (χ0v) is 27.4. The number of rotatable bonds is 6. The molecule has 0 aromatic heterocycles. The summed E-state index contributed by atoms with van der Waals surface area (Å²) in [4.78, 5) is 0. The second kappa shape index (κ2) is 6.09. The minimum atomic E-state index is -4.86. The average molecular weight is 564 g/mol. The van der Waals surface area contributed by atoms with Gasteiger partial charge in [-0.15, -0.1) is 0 Å². The first-order valence-electron chi connectivity index (χ1n) is 13.6. The van der Waals surface area contributed by atoms with Crippen molar-refractivity contribution >= 4 is 19.8 Å². The fraction of sp³-hybridized carbons (Fsp3) is 0.419. The number of fused-ring (bicyclic) bond motifs is 2. The Morgan fingerprint density at radius 1 is 0.941 bits per heavy atom. The van der Waals surface area contributed by atoms with E-state index in [1.807, 2.05) is 0 Å². The molecule has 0 heterocycles. The standard InChI is InChI=1S/C18H15.C9H13.4CH3.2H2Si.Zr/c1-2-6-13(7-3-1)18-16-10-4-8-14(16)12-15-9-5-11-17(15)18;1-2-3-6-9-7-4-5-8-9;;;;;;;/h1-4,6-8,10,12H,5,9,11H2;4-5,7-8H,2-3,6H2,1H3;4*1H3;2*1H2;/q;;;;;;;;-6. The molecule has 5 rings (SSSR count). The predicted octanol–water partition coefficient (Wildman–Crippen LogP) is 7.97. The van der Waals surface area contributed by atoms with Gasteiger partial charge >= 0.3 is 202 Å². The van der Waals surface area contributed by atoms with Gasteiger partial charge in [-0.3, -0.25) is 0 Å². The number of hydrogen-bond donors (Lipinski definition) is 0. The third-order valence-corrected chi connectivity index (χ3v) is 41.8. The fourth-order valence-electron chi connectivity index (χ4n) is 7.36. The van der Waals surface area contributed by atoms with E-state index in [0.29, 0.717) is 7.25 Å². The Labute approximate surface area is 201 Å². The van der Waals surface area contributed by atoms with E-state index in [2.05, 4.69) is 106 Å². The van der Waals surface area contributed by atoms with Gasteiger partial charge in [-0.1, -0.05) is 0 Å². The molecular formula is C31H44Si2Zr-6. The summed E-state index contributed by atoms with van der Waals surface area (Å²) < 4.78 is 12.0. The Bertz CT molecular complexity index is 1560. The molecule has 0 saturated heterocycles. The van der Waals surface area contributed by atoms with Crippen LogP contribution in [0.4, 0.5) is 0 Å². The summed E-state index contributed by atoms with van der Waals surface area (Å²) in [6.07, 6.45) is 20.4. The van der Waals surface area contributed by atoms with Crippen molar-refractivity contribution in [2.24, 2.45) is 0 Å². The number of allylic oxidation sites excluding steroid dienone is 5. The number of aryl methyl sites for hydroxylation is 1. The van der Waals surface area contributed by atoms with Crippen LogP contribution in [0.5, 0.6) is 0 Å². The molecule has 3 aliphatic rings. The van der Waals surface area contributed by atoms with Crippen LogP contribution in [0.25, 0.3) is 17.2 Å². The first-order chi connectivity index (χ1) is 15.5. The zero-order valence-electron chi connectivity index (χ0n) is 22.2. The summed E-state index contributed by atoms with van der Waals surface area (Å²) in [7, 11) is 0. The summed E-state index contributed by atoms with van der Waals surface area (Å²) in [5.74, 6) is 0. The van der Waals surface area contributed by atoms with Gasteiger partial charge in [0.25, 0.3) is 0 Å². The van der Waals surface area contributed by atoms with Crippen LogP contribution in [-0.4, -0.2) is 13.8 Å². The van der Waals surface area contributed by atoms with Crippen molar-refractivity contribution in [3.63, 3.8) is 0 Å². The maximum atomic E-state index is 2.76. The molecule has 0 nitrogen and oxygen atoms in total.